The SMILES string of the molecule is CP(C)(C)=N/C(=C/C#N)C(F)(F)C(F)(F)F. The molecule has 0 saturated carbocycles. The van der Waals surface area contributed by atoms with Gasteiger partial charge in [0.1, 0.15) is 5.70 Å². The van der Waals surface area contributed by atoms with Gasteiger partial charge < -0.3 is 0 Å². The second-order valence-corrected chi connectivity index (χ2v) is 7.86. The van der Waals surface area contributed by atoms with Crippen molar-refractivity contribution in [2.45, 2.75) is 12.1 Å². The van der Waals surface area contributed by atoms with Gasteiger partial charge in [0.15, 0.2) is 0 Å². The average Bonchev–Trinajstić information content (AvgIpc) is 1.98. The van der Waals surface area contributed by atoms with Gasteiger partial charge in [0.05, 0.1) is 6.07 Å². The molecule has 0 bridgehead atoms. The van der Waals surface area contributed by atoms with E-state index in [2.05, 4.69) is 4.74 Å². The van der Waals surface area contributed by atoms with E-state index in [1.165, 1.54) is 20.0 Å². The minimum absolute atomic E-state index is 0.138. The standard InChI is InChI=1S/C8H10F5N2P/c1-16(2,3)15-6(4-5-14)7(9,10)8(11,12)13/h4H,1-3H3/b6-4+. The molecule has 0 rings (SSSR count). The Balaban J connectivity index is 5.63. The van der Waals surface area contributed by atoms with E-state index in [1.807, 2.05) is 0 Å². The highest BCUT2D eigenvalue weighted by molar-refractivity contribution is 7.64. The maximum Gasteiger partial charge on any atom is 0.459 e. The Morgan fingerprint density at radius 1 is 1.19 bits per heavy atom. The fourth-order valence-corrected chi connectivity index (χ4v) is 1.54. The first kappa shape index (κ1) is 15.1. The molecule has 0 aromatic heterocycles. The van der Waals surface area contributed by atoms with Crippen molar-refractivity contribution >= 4 is 7.05 Å². The Kier molecular flexibility index (Phi) is 4.29. The highest BCUT2D eigenvalue weighted by Crippen LogP contribution is 2.46. The summed E-state index contributed by atoms with van der Waals surface area (Å²) in [5.74, 6) is -5.09. The molecule has 0 amide bonds. The van der Waals surface area contributed by atoms with Gasteiger partial charge in [-0.1, -0.05) is 0 Å². The minimum atomic E-state index is -5.74. The van der Waals surface area contributed by atoms with Crippen molar-refractivity contribution in [2.75, 3.05) is 20.0 Å². The number of nitrogens with zero attached hydrogens (tertiary/aromatic N) is 2. The van der Waals surface area contributed by atoms with Crippen molar-refractivity contribution in [2.24, 2.45) is 4.74 Å². The van der Waals surface area contributed by atoms with Crippen molar-refractivity contribution in [3.8, 4) is 6.07 Å². The van der Waals surface area contributed by atoms with E-state index in [0.29, 0.717) is 0 Å². The molecule has 0 atom stereocenters. The Morgan fingerprint density at radius 2 is 1.62 bits per heavy atom. The van der Waals surface area contributed by atoms with E-state index in [-0.39, 0.29) is 6.08 Å². The minimum Gasteiger partial charge on any atom is -0.265 e. The van der Waals surface area contributed by atoms with Gasteiger partial charge in [-0.05, 0) is 27.0 Å². The molecule has 0 radical (unpaired) electrons. The molecule has 0 saturated heterocycles. The summed E-state index contributed by atoms with van der Waals surface area (Å²) < 4.78 is 65.2. The lowest BCUT2D eigenvalue weighted by atomic mass is 10.2. The van der Waals surface area contributed by atoms with Gasteiger partial charge in [-0.15, -0.1) is 0 Å². The Bertz CT molecular complexity index is 374. The first-order valence-corrected chi connectivity index (χ1v) is 7.09. The predicted octanol–water partition coefficient (Wildman–Crippen LogP) is 3.68. The lowest BCUT2D eigenvalue weighted by molar-refractivity contribution is -0.264. The van der Waals surface area contributed by atoms with E-state index in [1.54, 1.807) is 0 Å². The van der Waals surface area contributed by atoms with Gasteiger partial charge in [-0.25, -0.2) is 0 Å². The third kappa shape index (κ3) is 3.93. The van der Waals surface area contributed by atoms with Crippen LogP contribution in [0.15, 0.2) is 16.5 Å². The topological polar surface area (TPSA) is 36.1 Å². The van der Waals surface area contributed by atoms with Crippen molar-refractivity contribution in [1.29, 1.82) is 5.26 Å². The van der Waals surface area contributed by atoms with Crippen LogP contribution in [0.2, 0.25) is 0 Å². The van der Waals surface area contributed by atoms with Crippen molar-refractivity contribution < 1.29 is 22.0 Å². The summed E-state index contributed by atoms with van der Waals surface area (Å²) in [6.07, 6.45) is -5.60. The van der Waals surface area contributed by atoms with Crippen LogP contribution in [0.5, 0.6) is 0 Å². The zero-order valence-corrected chi connectivity index (χ0v) is 9.70. The fourth-order valence-electron chi connectivity index (χ4n) is 0.712. The normalized spacial score (nSPS) is 14.6. The number of allylic oxidation sites excluding steroid dienone is 2. The van der Waals surface area contributed by atoms with E-state index in [4.69, 9.17) is 5.26 Å². The first-order valence-electron chi connectivity index (χ1n) is 4.01. The number of hydrogen-bond acceptors (Lipinski definition) is 2. The van der Waals surface area contributed by atoms with Crippen LogP contribution in [0, 0.1) is 11.3 Å². The lowest BCUT2D eigenvalue weighted by Gasteiger charge is -2.21. The maximum atomic E-state index is 12.9. The molecule has 0 aliphatic rings. The van der Waals surface area contributed by atoms with E-state index < -0.39 is 24.9 Å². The van der Waals surface area contributed by atoms with Crippen LogP contribution >= 0.6 is 7.05 Å². The quantitative estimate of drug-likeness (QED) is 0.424. The van der Waals surface area contributed by atoms with Gasteiger partial charge >= 0.3 is 12.1 Å². The summed E-state index contributed by atoms with van der Waals surface area (Å²) in [7, 11) is -2.24. The maximum absolute atomic E-state index is 12.9. The van der Waals surface area contributed by atoms with Gasteiger partial charge in [0, 0.05) is 6.08 Å². The summed E-state index contributed by atoms with van der Waals surface area (Å²) >= 11 is 0. The second-order valence-electron chi connectivity index (χ2n) is 3.77. The molecule has 92 valence electrons. The molecule has 0 aliphatic heterocycles. The van der Waals surface area contributed by atoms with Crippen LogP contribution in [0.1, 0.15) is 0 Å². The smallest absolute Gasteiger partial charge is 0.265 e. The summed E-state index contributed by atoms with van der Waals surface area (Å²) in [6, 6.07) is 1.15. The molecule has 0 unspecified atom stereocenters. The highest BCUT2D eigenvalue weighted by atomic mass is 31.2. The molecular weight excluding hydrogens is 250 g/mol. The van der Waals surface area contributed by atoms with Crippen LogP contribution in [-0.4, -0.2) is 32.1 Å². The monoisotopic (exact) mass is 260 g/mol. The Hall–Kier alpha value is -0.890. The zero-order valence-electron chi connectivity index (χ0n) is 8.81. The number of nitriles is 1. The van der Waals surface area contributed by atoms with E-state index in [9.17, 15) is 22.0 Å². The number of halogens is 5. The second kappa shape index (κ2) is 4.54. The molecule has 2 nitrogen and oxygen atoms in total. The lowest BCUT2D eigenvalue weighted by Crippen LogP contribution is -2.37. The molecule has 0 heterocycles. The van der Waals surface area contributed by atoms with Crippen molar-refractivity contribution in [3.05, 3.63) is 11.8 Å². The third-order valence-corrected chi connectivity index (χ3v) is 2.10. The molecule has 0 spiro atoms. The van der Waals surface area contributed by atoms with Crippen LogP contribution < -0.4 is 0 Å². The summed E-state index contributed by atoms with van der Waals surface area (Å²) in [5.41, 5.74) is -1.52. The zero-order chi connectivity index (χ0) is 13.2. The van der Waals surface area contributed by atoms with Crippen LogP contribution in [0.25, 0.3) is 0 Å². The molecule has 0 aromatic carbocycles. The van der Waals surface area contributed by atoms with Gasteiger partial charge in [0.2, 0.25) is 0 Å². The van der Waals surface area contributed by atoms with Crippen LogP contribution in [0.4, 0.5) is 22.0 Å². The summed E-state index contributed by atoms with van der Waals surface area (Å²) in [5, 5.41) is 8.19. The first-order chi connectivity index (χ1) is 6.92. The average molecular weight is 260 g/mol. The summed E-state index contributed by atoms with van der Waals surface area (Å²) in [6.45, 7) is 4.39. The Labute approximate surface area is 89.8 Å². The molecule has 8 heteroatoms. The number of hydrogen-bond donors (Lipinski definition) is 0. The van der Waals surface area contributed by atoms with Gasteiger partial charge in [0.25, 0.3) is 0 Å². The molecular formula is C8H10F5N2P. The highest BCUT2D eigenvalue weighted by Gasteiger charge is 2.60. The van der Waals surface area contributed by atoms with Crippen LogP contribution in [0.3, 0.4) is 0 Å². The number of alkyl halides is 5. The van der Waals surface area contributed by atoms with Crippen LogP contribution in [-0.2, 0) is 0 Å². The fraction of sp³-hybridized carbons (Fsp3) is 0.625. The molecule has 0 aliphatic carbocycles. The van der Waals surface area contributed by atoms with E-state index >= 15 is 0 Å². The number of rotatable bonds is 2. The predicted molar refractivity (Wildman–Crippen MR) is 51.8 cm³/mol. The van der Waals surface area contributed by atoms with Crippen molar-refractivity contribution in [3.63, 3.8) is 0 Å². The van der Waals surface area contributed by atoms with Crippen molar-refractivity contribution in [1.82, 2.24) is 0 Å². The van der Waals surface area contributed by atoms with E-state index in [0.717, 1.165) is 6.07 Å². The van der Waals surface area contributed by atoms with Gasteiger partial charge in [-0.3, -0.25) is 4.74 Å². The largest absolute Gasteiger partial charge is 0.459 e. The molecule has 16 heavy (non-hydrogen) atoms. The molecule has 0 fully saturated rings. The Morgan fingerprint density at radius 3 is 1.88 bits per heavy atom. The third-order valence-electron chi connectivity index (χ3n) is 1.29. The summed E-state index contributed by atoms with van der Waals surface area (Å²) in [4.78, 5) is 0. The molecule has 0 aromatic rings. The van der Waals surface area contributed by atoms with Gasteiger partial charge in [-0.2, -0.15) is 27.2 Å². The molecule has 0 N–H and O–H groups in total.